The molecule has 1 aliphatic rings. The molecule has 0 spiro atoms. The summed E-state index contributed by atoms with van der Waals surface area (Å²) in [5.41, 5.74) is 7.88. The predicted octanol–water partition coefficient (Wildman–Crippen LogP) is 2.40. The van der Waals surface area contributed by atoms with Crippen molar-refractivity contribution in [1.82, 2.24) is 4.98 Å². The van der Waals surface area contributed by atoms with Gasteiger partial charge in [-0.25, -0.2) is 4.98 Å². The Kier molecular flexibility index (Phi) is 3.62. The van der Waals surface area contributed by atoms with Crippen LogP contribution < -0.4 is 10.6 Å². The Morgan fingerprint density at radius 1 is 1.53 bits per heavy atom. The average Bonchev–Trinajstić information content (AvgIpc) is 2.28. The lowest BCUT2D eigenvalue weighted by atomic mass is 10.0. The average molecular weight is 249 g/mol. The molecule has 3 nitrogen and oxygen atoms in total. The maximum Gasteiger partial charge on any atom is 0.139 e. The van der Waals surface area contributed by atoms with E-state index in [0.717, 1.165) is 23.5 Å². The Morgan fingerprint density at radius 3 is 2.94 bits per heavy atom. The van der Waals surface area contributed by atoms with Crippen LogP contribution in [-0.4, -0.2) is 22.6 Å². The monoisotopic (exact) mass is 249 g/mol. The second-order valence-electron chi connectivity index (χ2n) is 4.73. The molecule has 0 aromatic carbocycles. The van der Waals surface area contributed by atoms with Crippen molar-refractivity contribution in [3.05, 3.63) is 23.4 Å². The molecule has 92 valence electrons. The van der Waals surface area contributed by atoms with Crippen LogP contribution in [0.5, 0.6) is 0 Å². The normalized spacial score (nSPS) is 20.4. The molecule has 0 bridgehead atoms. The lowest BCUT2D eigenvalue weighted by Crippen LogP contribution is -2.39. The van der Waals surface area contributed by atoms with Gasteiger partial charge in [-0.15, -0.1) is 0 Å². The number of hydrogen-bond acceptors (Lipinski definition) is 3. The van der Waals surface area contributed by atoms with Gasteiger partial charge < -0.3 is 10.6 Å². The van der Waals surface area contributed by atoms with Gasteiger partial charge in [0.1, 0.15) is 10.8 Å². The van der Waals surface area contributed by atoms with Gasteiger partial charge in [0, 0.05) is 18.8 Å². The van der Waals surface area contributed by atoms with Crippen LogP contribution in [0.1, 0.15) is 37.3 Å². The highest BCUT2D eigenvalue weighted by atomic mass is 32.1. The minimum atomic E-state index is 0.448. The second-order valence-corrected chi connectivity index (χ2v) is 5.17. The Balaban J connectivity index is 2.43. The number of nitrogens with two attached hydrogens (primary N) is 1. The summed E-state index contributed by atoms with van der Waals surface area (Å²) in [7, 11) is 0. The number of thiocarbonyl (C=S) groups is 1. The SMILES string of the molecule is Cc1ccnc(N2CCCCC2C)c1C(N)=S. The number of anilines is 1. The fourth-order valence-corrected chi connectivity index (χ4v) is 2.73. The predicted molar refractivity (Wildman–Crippen MR) is 75.5 cm³/mol. The maximum atomic E-state index is 5.83. The third-order valence-electron chi connectivity index (χ3n) is 3.46. The summed E-state index contributed by atoms with van der Waals surface area (Å²) in [5.74, 6) is 0.963. The van der Waals surface area contributed by atoms with Gasteiger partial charge in [0.15, 0.2) is 0 Å². The number of aryl methyl sites for hydroxylation is 1. The Bertz CT molecular complexity index is 431. The highest BCUT2D eigenvalue weighted by Crippen LogP contribution is 2.27. The van der Waals surface area contributed by atoms with Crippen LogP contribution in [0.2, 0.25) is 0 Å². The second kappa shape index (κ2) is 5.00. The van der Waals surface area contributed by atoms with Crippen molar-refractivity contribution in [2.75, 3.05) is 11.4 Å². The van der Waals surface area contributed by atoms with E-state index in [1.54, 1.807) is 0 Å². The van der Waals surface area contributed by atoms with E-state index in [9.17, 15) is 0 Å². The zero-order valence-corrected chi connectivity index (χ0v) is 11.3. The van der Waals surface area contributed by atoms with Crippen molar-refractivity contribution in [2.24, 2.45) is 5.73 Å². The molecule has 1 aliphatic heterocycles. The van der Waals surface area contributed by atoms with Gasteiger partial charge in [-0.3, -0.25) is 0 Å². The van der Waals surface area contributed by atoms with Crippen molar-refractivity contribution in [1.29, 1.82) is 0 Å². The van der Waals surface area contributed by atoms with Crippen molar-refractivity contribution < 1.29 is 0 Å². The molecule has 1 saturated heterocycles. The summed E-state index contributed by atoms with van der Waals surface area (Å²) in [6, 6.07) is 2.48. The first-order valence-corrected chi connectivity index (χ1v) is 6.54. The molecule has 2 N–H and O–H groups in total. The van der Waals surface area contributed by atoms with Gasteiger partial charge in [-0.2, -0.15) is 0 Å². The third-order valence-corrected chi connectivity index (χ3v) is 3.66. The molecule has 1 atom stereocenters. The van der Waals surface area contributed by atoms with Gasteiger partial charge in [-0.1, -0.05) is 12.2 Å². The Hall–Kier alpha value is -1.16. The first kappa shape index (κ1) is 12.3. The molecule has 0 radical (unpaired) electrons. The fourth-order valence-electron chi connectivity index (χ4n) is 2.48. The number of pyridine rings is 1. The molecule has 1 unspecified atom stereocenters. The van der Waals surface area contributed by atoms with Crippen molar-refractivity contribution >= 4 is 23.0 Å². The van der Waals surface area contributed by atoms with Crippen LogP contribution in [0.25, 0.3) is 0 Å². The summed E-state index contributed by atoms with van der Waals surface area (Å²) in [5, 5.41) is 0. The van der Waals surface area contributed by atoms with Crippen molar-refractivity contribution in [3.63, 3.8) is 0 Å². The van der Waals surface area contributed by atoms with Crippen molar-refractivity contribution in [2.45, 2.75) is 39.2 Å². The molecule has 4 heteroatoms. The van der Waals surface area contributed by atoms with E-state index in [2.05, 4.69) is 16.8 Å². The molecule has 17 heavy (non-hydrogen) atoms. The fraction of sp³-hybridized carbons (Fsp3) is 0.538. The highest BCUT2D eigenvalue weighted by molar-refractivity contribution is 7.80. The molecule has 1 aromatic rings. The molecule has 1 fully saturated rings. The highest BCUT2D eigenvalue weighted by Gasteiger charge is 2.23. The van der Waals surface area contributed by atoms with Crippen LogP contribution in [-0.2, 0) is 0 Å². The summed E-state index contributed by atoms with van der Waals surface area (Å²) in [4.78, 5) is 7.28. The van der Waals surface area contributed by atoms with Crippen LogP contribution in [0.3, 0.4) is 0 Å². The van der Waals surface area contributed by atoms with Gasteiger partial charge in [0.25, 0.3) is 0 Å². The van der Waals surface area contributed by atoms with Crippen LogP contribution in [0.4, 0.5) is 5.82 Å². The van der Waals surface area contributed by atoms with Gasteiger partial charge in [-0.05, 0) is 44.7 Å². The quantitative estimate of drug-likeness (QED) is 0.817. The third kappa shape index (κ3) is 2.41. The minimum absolute atomic E-state index is 0.448. The first-order chi connectivity index (χ1) is 8.11. The number of hydrogen-bond donors (Lipinski definition) is 1. The molecular formula is C13H19N3S. The molecule has 2 rings (SSSR count). The topological polar surface area (TPSA) is 42.2 Å². The van der Waals surface area contributed by atoms with E-state index in [4.69, 9.17) is 18.0 Å². The molecule has 2 heterocycles. The molecule has 1 aromatic heterocycles. The van der Waals surface area contributed by atoms with Crippen LogP contribution in [0, 0.1) is 6.92 Å². The van der Waals surface area contributed by atoms with E-state index in [-0.39, 0.29) is 0 Å². The zero-order valence-electron chi connectivity index (χ0n) is 10.4. The van der Waals surface area contributed by atoms with Crippen LogP contribution >= 0.6 is 12.2 Å². The number of rotatable bonds is 2. The summed E-state index contributed by atoms with van der Waals surface area (Å²) in [6.45, 7) is 5.33. The van der Waals surface area contributed by atoms with E-state index >= 15 is 0 Å². The van der Waals surface area contributed by atoms with E-state index in [1.165, 1.54) is 19.3 Å². The Morgan fingerprint density at radius 2 is 2.29 bits per heavy atom. The van der Waals surface area contributed by atoms with Crippen LogP contribution in [0.15, 0.2) is 12.3 Å². The standard InChI is InChI=1S/C13H19N3S/c1-9-6-7-15-13(11(9)12(14)17)16-8-4-3-5-10(16)2/h6-7,10H,3-5,8H2,1-2H3,(H2,14,17). The first-order valence-electron chi connectivity index (χ1n) is 6.13. The lowest BCUT2D eigenvalue weighted by molar-refractivity contribution is 0.481. The van der Waals surface area contributed by atoms with E-state index in [0.29, 0.717) is 11.0 Å². The van der Waals surface area contributed by atoms with E-state index in [1.807, 2.05) is 19.2 Å². The number of nitrogens with zero attached hydrogens (tertiary/aromatic N) is 2. The largest absolute Gasteiger partial charge is 0.389 e. The number of aromatic nitrogens is 1. The van der Waals surface area contributed by atoms with Crippen molar-refractivity contribution in [3.8, 4) is 0 Å². The zero-order chi connectivity index (χ0) is 12.4. The van der Waals surface area contributed by atoms with E-state index < -0.39 is 0 Å². The van der Waals surface area contributed by atoms with Gasteiger partial charge >= 0.3 is 0 Å². The smallest absolute Gasteiger partial charge is 0.139 e. The number of piperidine rings is 1. The van der Waals surface area contributed by atoms with Gasteiger partial charge in [0.05, 0.1) is 5.56 Å². The molecule has 0 aliphatic carbocycles. The Labute approximate surface area is 108 Å². The minimum Gasteiger partial charge on any atom is -0.389 e. The summed E-state index contributed by atoms with van der Waals surface area (Å²) >= 11 is 5.16. The molecular weight excluding hydrogens is 230 g/mol. The lowest BCUT2D eigenvalue weighted by Gasteiger charge is -2.35. The summed E-state index contributed by atoms with van der Waals surface area (Å²) < 4.78 is 0. The maximum absolute atomic E-state index is 5.83. The summed E-state index contributed by atoms with van der Waals surface area (Å²) in [6.07, 6.45) is 5.57. The molecule has 0 amide bonds. The molecule has 0 saturated carbocycles. The van der Waals surface area contributed by atoms with Gasteiger partial charge in [0.2, 0.25) is 0 Å².